The Bertz CT molecular complexity index is 383. The maximum absolute atomic E-state index is 12.3. The molecule has 1 aromatic rings. The van der Waals surface area contributed by atoms with Gasteiger partial charge in [0.25, 0.3) is 0 Å². The Kier molecular flexibility index (Phi) is 5.09. The number of hydrogen-bond donors (Lipinski definition) is 0. The largest absolute Gasteiger partial charge is 0.301 e. The first-order valence-corrected chi connectivity index (χ1v) is 6.69. The molecule has 0 saturated carbocycles. The van der Waals surface area contributed by atoms with Crippen molar-refractivity contribution in [3.8, 4) is 0 Å². The van der Waals surface area contributed by atoms with Crippen molar-refractivity contribution in [3.05, 3.63) is 35.9 Å². The van der Waals surface area contributed by atoms with Gasteiger partial charge in [0, 0.05) is 23.6 Å². The van der Waals surface area contributed by atoms with Crippen LogP contribution in [0.4, 0.5) is 0 Å². The zero-order valence-electron chi connectivity index (χ0n) is 12.2. The summed E-state index contributed by atoms with van der Waals surface area (Å²) in [7, 11) is 2.10. The van der Waals surface area contributed by atoms with Crippen molar-refractivity contribution >= 4 is 5.78 Å². The molecule has 18 heavy (non-hydrogen) atoms. The van der Waals surface area contributed by atoms with Gasteiger partial charge in [0.15, 0.2) is 5.78 Å². The maximum atomic E-state index is 12.3. The van der Waals surface area contributed by atoms with Crippen LogP contribution in [0.15, 0.2) is 30.3 Å². The van der Waals surface area contributed by atoms with E-state index in [0.717, 1.165) is 18.5 Å². The lowest BCUT2D eigenvalue weighted by Gasteiger charge is -2.36. The molecule has 0 N–H and O–H groups in total. The van der Waals surface area contributed by atoms with Gasteiger partial charge in [-0.05, 0) is 27.3 Å². The Morgan fingerprint density at radius 2 is 1.83 bits per heavy atom. The lowest BCUT2D eigenvalue weighted by Crippen LogP contribution is -2.43. The molecule has 0 bridgehead atoms. The summed E-state index contributed by atoms with van der Waals surface area (Å²) in [5.41, 5.74) is 0.957. The van der Waals surface area contributed by atoms with E-state index in [9.17, 15) is 4.79 Å². The second-order valence-electron chi connectivity index (χ2n) is 5.68. The SMILES string of the molecule is CCC(C)(C)N(C)CC(C)C(=O)c1ccccc1. The van der Waals surface area contributed by atoms with Gasteiger partial charge in [-0.3, -0.25) is 4.79 Å². The minimum Gasteiger partial charge on any atom is -0.301 e. The van der Waals surface area contributed by atoms with Crippen LogP contribution >= 0.6 is 0 Å². The summed E-state index contributed by atoms with van der Waals surface area (Å²) in [6.45, 7) is 9.42. The van der Waals surface area contributed by atoms with Crippen molar-refractivity contribution < 1.29 is 4.79 Å². The van der Waals surface area contributed by atoms with E-state index in [4.69, 9.17) is 0 Å². The fraction of sp³-hybridized carbons (Fsp3) is 0.562. The van der Waals surface area contributed by atoms with Gasteiger partial charge < -0.3 is 4.90 Å². The first-order valence-electron chi connectivity index (χ1n) is 6.69. The molecule has 2 nitrogen and oxygen atoms in total. The summed E-state index contributed by atoms with van der Waals surface area (Å²) in [6.07, 6.45) is 1.08. The average Bonchev–Trinajstić information content (AvgIpc) is 2.38. The van der Waals surface area contributed by atoms with Crippen molar-refractivity contribution in [2.75, 3.05) is 13.6 Å². The summed E-state index contributed by atoms with van der Waals surface area (Å²) >= 11 is 0. The molecule has 2 heteroatoms. The van der Waals surface area contributed by atoms with Crippen LogP contribution in [0.1, 0.15) is 44.5 Å². The second kappa shape index (κ2) is 6.14. The quantitative estimate of drug-likeness (QED) is 0.715. The summed E-state index contributed by atoms with van der Waals surface area (Å²) in [4.78, 5) is 14.5. The lowest BCUT2D eigenvalue weighted by atomic mass is 9.95. The van der Waals surface area contributed by atoms with Crippen LogP contribution in [-0.2, 0) is 0 Å². The van der Waals surface area contributed by atoms with E-state index in [2.05, 4.69) is 32.7 Å². The highest BCUT2D eigenvalue weighted by molar-refractivity contribution is 5.97. The van der Waals surface area contributed by atoms with Gasteiger partial charge in [-0.2, -0.15) is 0 Å². The predicted octanol–water partition coefficient (Wildman–Crippen LogP) is 3.63. The fourth-order valence-corrected chi connectivity index (χ4v) is 1.90. The van der Waals surface area contributed by atoms with Gasteiger partial charge >= 0.3 is 0 Å². The Morgan fingerprint density at radius 1 is 1.28 bits per heavy atom. The minimum atomic E-state index is 0.0308. The highest BCUT2D eigenvalue weighted by Gasteiger charge is 2.25. The monoisotopic (exact) mass is 247 g/mol. The van der Waals surface area contributed by atoms with E-state index in [0.29, 0.717) is 0 Å². The summed E-state index contributed by atoms with van der Waals surface area (Å²) in [5, 5.41) is 0. The van der Waals surface area contributed by atoms with Crippen LogP contribution in [0.3, 0.4) is 0 Å². The summed E-state index contributed by atoms with van der Waals surface area (Å²) in [5.74, 6) is 0.262. The molecule has 0 heterocycles. The van der Waals surface area contributed by atoms with E-state index >= 15 is 0 Å². The van der Waals surface area contributed by atoms with Crippen LogP contribution in [0.5, 0.6) is 0 Å². The lowest BCUT2D eigenvalue weighted by molar-refractivity contribution is 0.0830. The minimum absolute atomic E-state index is 0.0308. The van der Waals surface area contributed by atoms with Crippen molar-refractivity contribution in [1.29, 1.82) is 0 Å². The van der Waals surface area contributed by atoms with Crippen LogP contribution in [0.25, 0.3) is 0 Å². The number of carbonyl (C=O) groups is 1. The van der Waals surface area contributed by atoms with Crippen LogP contribution in [0, 0.1) is 5.92 Å². The average molecular weight is 247 g/mol. The number of nitrogens with zero attached hydrogens (tertiary/aromatic N) is 1. The smallest absolute Gasteiger partial charge is 0.166 e. The molecular formula is C16H25NO. The molecule has 0 fully saturated rings. The topological polar surface area (TPSA) is 20.3 Å². The molecule has 100 valence electrons. The van der Waals surface area contributed by atoms with E-state index in [1.54, 1.807) is 0 Å². The zero-order chi connectivity index (χ0) is 13.8. The van der Waals surface area contributed by atoms with Crippen molar-refractivity contribution in [2.45, 2.75) is 39.7 Å². The standard InChI is InChI=1S/C16H25NO/c1-6-16(3,4)17(5)12-13(2)15(18)14-10-8-7-9-11-14/h7-11,13H,6,12H2,1-5H3. The molecule has 1 atom stereocenters. The normalized spacial score (nSPS) is 13.7. The first kappa shape index (κ1) is 14.9. The third kappa shape index (κ3) is 3.67. The molecule has 1 rings (SSSR count). The van der Waals surface area contributed by atoms with Gasteiger partial charge in [-0.15, -0.1) is 0 Å². The molecule has 1 unspecified atom stereocenters. The molecule has 0 amide bonds. The van der Waals surface area contributed by atoms with Gasteiger partial charge in [0.2, 0.25) is 0 Å². The van der Waals surface area contributed by atoms with Crippen molar-refractivity contribution in [2.24, 2.45) is 5.92 Å². The van der Waals surface area contributed by atoms with E-state index in [1.165, 1.54) is 0 Å². The number of Topliss-reactive ketones (excluding diaryl/α,β-unsaturated/α-hetero) is 1. The van der Waals surface area contributed by atoms with E-state index in [-0.39, 0.29) is 17.2 Å². The third-order valence-corrected chi connectivity index (χ3v) is 3.95. The molecule has 0 saturated heterocycles. The van der Waals surface area contributed by atoms with Gasteiger partial charge in [0.05, 0.1) is 0 Å². The van der Waals surface area contributed by atoms with E-state index < -0.39 is 0 Å². The van der Waals surface area contributed by atoms with Crippen molar-refractivity contribution in [1.82, 2.24) is 4.90 Å². The van der Waals surface area contributed by atoms with Crippen LogP contribution in [-0.4, -0.2) is 29.8 Å². The second-order valence-corrected chi connectivity index (χ2v) is 5.68. The van der Waals surface area contributed by atoms with Crippen molar-refractivity contribution in [3.63, 3.8) is 0 Å². The third-order valence-electron chi connectivity index (χ3n) is 3.95. The maximum Gasteiger partial charge on any atom is 0.166 e. The Labute approximate surface area is 111 Å². The molecule has 0 aliphatic heterocycles. The highest BCUT2D eigenvalue weighted by atomic mass is 16.1. The Balaban J connectivity index is 2.67. The van der Waals surface area contributed by atoms with Gasteiger partial charge in [-0.25, -0.2) is 0 Å². The molecule has 0 radical (unpaired) electrons. The molecule has 1 aromatic carbocycles. The molecule has 0 aliphatic rings. The van der Waals surface area contributed by atoms with Crippen LogP contribution < -0.4 is 0 Å². The molecule has 0 spiro atoms. The molecule has 0 aliphatic carbocycles. The number of hydrogen-bond acceptors (Lipinski definition) is 2. The zero-order valence-corrected chi connectivity index (χ0v) is 12.2. The number of rotatable bonds is 6. The van der Waals surface area contributed by atoms with Gasteiger partial charge in [-0.1, -0.05) is 44.2 Å². The van der Waals surface area contributed by atoms with Gasteiger partial charge in [0.1, 0.15) is 0 Å². The van der Waals surface area contributed by atoms with Crippen LogP contribution in [0.2, 0.25) is 0 Å². The fourth-order valence-electron chi connectivity index (χ4n) is 1.90. The molecule has 0 aromatic heterocycles. The summed E-state index contributed by atoms with van der Waals surface area (Å²) in [6, 6.07) is 9.56. The predicted molar refractivity (Wildman–Crippen MR) is 76.9 cm³/mol. The Hall–Kier alpha value is -1.15. The first-order chi connectivity index (χ1) is 8.38. The number of benzene rings is 1. The summed E-state index contributed by atoms with van der Waals surface area (Å²) < 4.78 is 0. The highest BCUT2D eigenvalue weighted by Crippen LogP contribution is 2.19. The number of carbonyl (C=O) groups excluding carboxylic acids is 1. The molecular weight excluding hydrogens is 222 g/mol. The number of ketones is 1. The van der Waals surface area contributed by atoms with E-state index in [1.807, 2.05) is 37.3 Å². The Morgan fingerprint density at radius 3 is 2.33 bits per heavy atom.